The van der Waals surface area contributed by atoms with E-state index in [2.05, 4.69) is 15.6 Å². The Labute approximate surface area is 165 Å². The van der Waals surface area contributed by atoms with E-state index in [1.165, 1.54) is 11.3 Å². The largest absolute Gasteiger partial charge is 0.354 e. The molecule has 138 valence electrons. The van der Waals surface area contributed by atoms with Crippen LogP contribution in [0.2, 0.25) is 4.34 Å². The van der Waals surface area contributed by atoms with Crippen molar-refractivity contribution in [1.29, 1.82) is 0 Å². The number of carbonyl (C=O) groups is 2. The maximum absolute atomic E-state index is 12.8. The van der Waals surface area contributed by atoms with Gasteiger partial charge in [0.05, 0.1) is 26.0 Å². The fraction of sp³-hybridized carbons (Fsp3) is 0.250. The van der Waals surface area contributed by atoms with Gasteiger partial charge in [0.2, 0.25) is 5.91 Å². The van der Waals surface area contributed by atoms with E-state index in [4.69, 9.17) is 11.6 Å². The van der Waals surface area contributed by atoms with Gasteiger partial charge in [-0.25, -0.2) is 4.98 Å². The highest BCUT2D eigenvalue weighted by Gasteiger charge is 2.29. The van der Waals surface area contributed by atoms with Gasteiger partial charge in [-0.1, -0.05) is 29.8 Å². The number of carbonyl (C=O) groups excluding carboxylic acids is 2. The van der Waals surface area contributed by atoms with Crippen LogP contribution in [0.5, 0.6) is 0 Å². The van der Waals surface area contributed by atoms with Crippen molar-refractivity contribution in [2.75, 3.05) is 13.1 Å². The number of aromatic nitrogens is 1. The van der Waals surface area contributed by atoms with Crippen LogP contribution in [0.1, 0.15) is 23.2 Å². The summed E-state index contributed by atoms with van der Waals surface area (Å²) in [5, 5.41) is 6.53. The lowest BCUT2D eigenvalue weighted by Crippen LogP contribution is -2.35. The predicted octanol–water partition coefficient (Wildman–Crippen LogP) is 3.87. The first-order valence-corrected chi connectivity index (χ1v) is 10.0. The van der Waals surface area contributed by atoms with Gasteiger partial charge in [0.1, 0.15) is 0 Å². The van der Waals surface area contributed by atoms with E-state index in [0.29, 0.717) is 23.0 Å². The fourth-order valence-electron chi connectivity index (χ4n) is 2.89. The first-order valence-electron chi connectivity index (χ1n) is 8.83. The number of benzene rings is 1. The summed E-state index contributed by atoms with van der Waals surface area (Å²) in [6, 6.07) is 13.1. The molecule has 0 bridgehead atoms. The lowest BCUT2D eigenvalue weighted by molar-refractivity contribution is -0.122. The minimum absolute atomic E-state index is 0.0791. The second-order valence-electron chi connectivity index (χ2n) is 6.50. The van der Waals surface area contributed by atoms with Crippen molar-refractivity contribution in [1.82, 2.24) is 15.6 Å². The summed E-state index contributed by atoms with van der Waals surface area (Å²) < 4.78 is 0.678. The highest BCUT2D eigenvalue weighted by atomic mass is 35.5. The zero-order valence-electron chi connectivity index (χ0n) is 14.5. The number of thiophene rings is 1. The van der Waals surface area contributed by atoms with Crippen molar-refractivity contribution in [3.05, 3.63) is 52.4 Å². The van der Waals surface area contributed by atoms with E-state index in [-0.39, 0.29) is 17.7 Å². The van der Waals surface area contributed by atoms with Crippen LogP contribution in [0.25, 0.3) is 21.5 Å². The van der Waals surface area contributed by atoms with Gasteiger partial charge < -0.3 is 10.6 Å². The maximum atomic E-state index is 12.8. The third kappa shape index (κ3) is 4.12. The molecule has 1 aromatic carbocycles. The van der Waals surface area contributed by atoms with Crippen LogP contribution in [0.4, 0.5) is 0 Å². The van der Waals surface area contributed by atoms with Gasteiger partial charge in [0.25, 0.3) is 5.91 Å². The molecule has 7 heteroatoms. The standard InChI is InChI=1S/C20H18ClN3O2S/c21-18-8-7-17(27-18)16-11-14(13-3-1-2-4-15(13)24-16)20(26)23-10-9-22-19(25)12-5-6-12/h1-4,7-8,11-12H,5-6,9-10H2,(H,22,25)(H,23,26). The molecule has 0 spiro atoms. The molecule has 1 saturated carbocycles. The Morgan fingerprint density at radius 3 is 2.63 bits per heavy atom. The van der Waals surface area contributed by atoms with Crippen LogP contribution >= 0.6 is 22.9 Å². The third-order valence-corrected chi connectivity index (χ3v) is 5.70. The number of amides is 2. The summed E-state index contributed by atoms with van der Waals surface area (Å²) in [4.78, 5) is 30.0. The first kappa shape index (κ1) is 17.9. The quantitative estimate of drug-likeness (QED) is 0.618. The molecule has 2 aromatic heterocycles. The van der Waals surface area contributed by atoms with E-state index < -0.39 is 0 Å². The molecule has 1 aliphatic rings. The summed E-state index contributed by atoms with van der Waals surface area (Å²) in [6.45, 7) is 0.811. The van der Waals surface area contributed by atoms with Crippen LogP contribution in [-0.2, 0) is 4.79 Å². The molecule has 0 radical (unpaired) electrons. The number of halogens is 1. The molecule has 2 N–H and O–H groups in total. The number of para-hydroxylation sites is 1. The van der Waals surface area contributed by atoms with E-state index in [1.54, 1.807) is 6.07 Å². The lowest BCUT2D eigenvalue weighted by Gasteiger charge is -2.10. The number of hydrogen-bond donors (Lipinski definition) is 2. The average Bonchev–Trinajstić information content (AvgIpc) is 3.45. The molecule has 2 heterocycles. The molecule has 4 rings (SSSR count). The van der Waals surface area contributed by atoms with Gasteiger partial charge in [-0.15, -0.1) is 11.3 Å². The average molecular weight is 400 g/mol. The van der Waals surface area contributed by atoms with Crippen LogP contribution in [0.15, 0.2) is 42.5 Å². The topological polar surface area (TPSA) is 71.1 Å². The van der Waals surface area contributed by atoms with E-state index >= 15 is 0 Å². The normalized spacial score (nSPS) is 13.5. The third-order valence-electron chi connectivity index (χ3n) is 4.44. The molecule has 0 saturated heterocycles. The van der Waals surface area contributed by atoms with Crippen molar-refractivity contribution in [2.24, 2.45) is 5.92 Å². The van der Waals surface area contributed by atoms with Gasteiger partial charge >= 0.3 is 0 Å². The number of pyridine rings is 1. The van der Waals surface area contributed by atoms with Gasteiger partial charge in [-0.2, -0.15) is 0 Å². The van der Waals surface area contributed by atoms with Gasteiger partial charge in [-0.3, -0.25) is 9.59 Å². The number of nitrogens with zero attached hydrogens (tertiary/aromatic N) is 1. The van der Waals surface area contributed by atoms with Crippen molar-refractivity contribution in [3.63, 3.8) is 0 Å². The van der Waals surface area contributed by atoms with E-state index in [1.807, 2.05) is 36.4 Å². The van der Waals surface area contributed by atoms with Gasteiger partial charge in [-0.05, 0) is 37.1 Å². The number of nitrogens with one attached hydrogen (secondary N) is 2. The van der Waals surface area contributed by atoms with Crippen LogP contribution in [-0.4, -0.2) is 29.9 Å². The van der Waals surface area contributed by atoms with Crippen molar-refractivity contribution < 1.29 is 9.59 Å². The zero-order chi connectivity index (χ0) is 18.8. The molecule has 2 amide bonds. The molecule has 1 aliphatic carbocycles. The molecule has 0 aliphatic heterocycles. The van der Waals surface area contributed by atoms with Crippen LogP contribution in [0, 0.1) is 5.92 Å². The zero-order valence-corrected chi connectivity index (χ0v) is 16.1. The monoisotopic (exact) mass is 399 g/mol. The molecule has 0 atom stereocenters. The van der Waals surface area contributed by atoms with E-state index in [0.717, 1.165) is 34.3 Å². The summed E-state index contributed by atoms with van der Waals surface area (Å²) in [6.07, 6.45) is 1.94. The lowest BCUT2D eigenvalue weighted by atomic mass is 10.1. The number of rotatable bonds is 6. The Hall–Kier alpha value is -2.44. The summed E-state index contributed by atoms with van der Waals surface area (Å²) in [5.74, 6) is 0.0682. The Morgan fingerprint density at radius 2 is 1.89 bits per heavy atom. The Bertz CT molecular complexity index is 1010. The highest BCUT2D eigenvalue weighted by Crippen LogP contribution is 2.32. The van der Waals surface area contributed by atoms with Crippen LogP contribution < -0.4 is 10.6 Å². The first-order chi connectivity index (χ1) is 13.1. The second kappa shape index (κ2) is 7.66. The Kier molecular flexibility index (Phi) is 5.09. The SMILES string of the molecule is O=C(NCCNC(=O)C1CC1)c1cc(-c2ccc(Cl)s2)nc2ccccc12. The van der Waals surface area contributed by atoms with Crippen LogP contribution in [0.3, 0.4) is 0 Å². The predicted molar refractivity (Wildman–Crippen MR) is 108 cm³/mol. The summed E-state index contributed by atoms with van der Waals surface area (Å²) in [5.41, 5.74) is 2.04. The van der Waals surface area contributed by atoms with Crippen molar-refractivity contribution in [3.8, 4) is 10.6 Å². The van der Waals surface area contributed by atoms with Gasteiger partial charge in [0, 0.05) is 24.4 Å². The van der Waals surface area contributed by atoms with E-state index in [9.17, 15) is 9.59 Å². The molecule has 27 heavy (non-hydrogen) atoms. The minimum Gasteiger partial charge on any atom is -0.354 e. The Morgan fingerprint density at radius 1 is 1.11 bits per heavy atom. The molecular formula is C20H18ClN3O2S. The summed E-state index contributed by atoms with van der Waals surface area (Å²) >= 11 is 7.47. The second-order valence-corrected chi connectivity index (χ2v) is 8.21. The minimum atomic E-state index is -0.182. The molecule has 5 nitrogen and oxygen atoms in total. The van der Waals surface area contributed by atoms with Crippen molar-refractivity contribution >= 4 is 45.7 Å². The number of hydrogen-bond acceptors (Lipinski definition) is 4. The molecular weight excluding hydrogens is 382 g/mol. The summed E-state index contributed by atoms with van der Waals surface area (Å²) in [7, 11) is 0. The highest BCUT2D eigenvalue weighted by molar-refractivity contribution is 7.19. The maximum Gasteiger partial charge on any atom is 0.252 e. The van der Waals surface area contributed by atoms with Gasteiger partial charge in [0.15, 0.2) is 0 Å². The molecule has 3 aromatic rings. The molecule has 0 unspecified atom stereocenters. The number of fused-ring (bicyclic) bond motifs is 1. The smallest absolute Gasteiger partial charge is 0.252 e. The van der Waals surface area contributed by atoms with Crippen molar-refractivity contribution in [2.45, 2.75) is 12.8 Å². The molecule has 1 fully saturated rings. The fourth-order valence-corrected chi connectivity index (χ4v) is 3.89. The Balaban J connectivity index is 1.53.